The largest absolute Gasteiger partial charge is 0.486 e. The van der Waals surface area contributed by atoms with Crippen molar-refractivity contribution in [2.45, 2.75) is 58.3 Å². The second-order valence-electron chi connectivity index (χ2n) is 9.35. The lowest BCUT2D eigenvalue weighted by Gasteiger charge is -2.25. The first-order valence-electron chi connectivity index (χ1n) is 9.95. The molecule has 2 aliphatic heterocycles. The summed E-state index contributed by atoms with van der Waals surface area (Å²) < 4.78 is 11.1. The Kier molecular flexibility index (Phi) is 4.41. The van der Waals surface area contributed by atoms with Crippen molar-refractivity contribution in [2.75, 3.05) is 23.1 Å². The molecule has 0 saturated heterocycles. The van der Waals surface area contributed by atoms with Gasteiger partial charge in [-0.15, -0.1) is 0 Å². The van der Waals surface area contributed by atoms with E-state index in [1.807, 2.05) is 26.0 Å². The third-order valence-electron chi connectivity index (χ3n) is 5.39. The molecular weight excluding hydrogens is 366 g/mol. The van der Waals surface area contributed by atoms with E-state index in [0.717, 1.165) is 29.0 Å². The summed E-state index contributed by atoms with van der Waals surface area (Å²) in [5, 5.41) is 10.5. The van der Waals surface area contributed by atoms with Crippen molar-refractivity contribution in [2.24, 2.45) is 0 Å². The molecule has 154 valence electrons. The van der Waals surface area contributed by atoms with Crippen molar-refractivity contribution in [3.8, 4) is 5.75 Å². The molecule has 0 bridgehead atoms. The SMILES string of the molecule is COC(=O)c1cc2c(c3c1OC(C)(C)C3)NC(Nc1ccccc1C(C)(C)C)N2. The van der Waals surface area contributed by atoms with E-state index < -0.39 is 5.97 Å². The zero-order valence-corrected chi connectivity index (χ0v) is 17.9. The zero-order valence-electron chi connectivity index (χ0n) is 17.9. The van der Waals surface area contributed by atoms with E-state index in [-0.39, 0.29) is 17.3 Å². The van der Waals surface area contributed by atoms with Crippen LogP contribution in [-0.4, -0.2) is 25.0 Å². The van der Waals surface area contributed by atoms with Crippen LogP contribution in [0.3, 0.4) is 0 Å². The van der Waals surface area contributed by atoms with Gasteiger partial charge in [-0.1, -0.05) is 39.0 Å². The van der Waals surface area contributed by atoms with E-state index in [1.165, 1.54) is 12.7 Å². The molecule has 2 aromatic rings. The van der Waals surface area contributed by atoms with E-state index >= 15 is 0 Å². The number of ether oxygens (including phenoxy) is 2. The van der Waals surface area contributed by atoms with Crippen LogP contribution < -0.4 is 20.7 Å². The van der Waals surface area contributed by atoms with Gasteiger partial charge in [0.1, 0.15) is 16.9 Å². The van der Waals surface area contributed by atoms with Gasteiger partial charge >= 0.3 is 5.97 Å². The molecule has 0 fully saturated rings. The molecule has 6 nitrogen and oxygen atoms in total. The van der Waals surface area contributed by atoms with E-state index in [2.05, 4.69) is 54.9 Å². The number of benzene rings is 2. The minimum absolute atomic E-state index is 0.0201. The van der Waals surface area contributed by atoms with Crippen molar-refractivity contribution in [1.29, 1.82) is 0 Å². The summed E-state index contributed by atoms with van der Waals surface area (Å²) in [4.78, 5) is 12.3. The first-order valence-corrected chi connectivity index (χ1v) is 9.95. The number of nitrogens with one attached hydrogen (secondary N) is 3. The molecule has 4 rings (SSSR count). The fourth-order valence-corrected chi connectivity index (χ4v) is 4.11. The van der Waals surface area contributed by atoms with Gasteiger partial charge in [0.25, 0.3) is 0 Å². The second-order valence-corrected chi connectivity index (χ2v) is 9.35. The van der Waals surface area contributed by atoms with Gasteiger partial charge in [-0.25, -0.2) is 4.79 Å². The highest BCUT2D eigenvalue weighted by atomic mass is 16.5. The number of fused-ring (bicyclic) bond motifs is 3. The Morgan fingerprint density at radius 2 is 1.97 bits per heavy atom. The van der Waals surface area contributed by atoms with E-state index in [9.17, 15) is 4.79 Å². The summed E-state index contributed by atoms with van der Waals surface area (Å²) >= 11 is 0. The molecule has 0 aromatic heterocycles. The van der Waals surface area contributed by atoms with Crippen LogP contribution in [0.4, 0.5) is 17.1 Å². The maximum absolute atomic E-state index is 12.3. The van der Waals surface area contributed by atoms with Crippen molar-refractivity contribution in [1.82, 2.24) is 0 Å². The Hall–Kier alpha value is -2.89. The first kappa shape index (κ1) is 19.4. The van der Waals surface area contributed by atoms with Gasteiger partial charge in [0.05, 0.1) is 18.5 Å². The Morgan fingerprint density at radius 1 is 1.24 bits per heavy atom. The van der Waals surface area contributed by atoms with Crippen molar-refractivity contribution < 1.29 is 14.3 Å². The quantitative estimate of drug-likeness (QED) is 0.654. The number of hydrogen-bond acceptors (Lipinski definition) is 6. The lowest BCUT2D eigenvalue weighted by molar-refractivity contribution is 0.0590. The van der Waals surface area contributed by atoms with E-state index in [1.54, 1.807) is 0 Å². The predicted octanol–water partition coefficient (Wildman–Crippen LogP) is 4.72. The van der Waals surface area contributed by atoms with Crippen LogP contribution in [0.15, 0.2) is 30.3 Å². The maximum atomic E-state index is 12.3. The van der Waals surface area contributed by atoms with Gasteiger partial charge in [-0.05, 0) is 37.0 Å². The molecule has 0 saturated carbocycles. The van der Waals surface area contributed by atoms with Gasteiger partial charge in [0, 0.05) is 17.7 Å². The monoisotopic (exact) mass is 395 g/mol. The van der Waals surface area contributed by atoms with Crippen molar-refractivity contribution in [3.05, 3.63) is 47.0 Å². The highest BCUT2D eigenvalue weighted by Crippen LogP contribution is 2.48. The molecular formula is C23H29N3O3. The summed E-state index contributed by atoms with van der Waals surface area (Å²) in [6.07, 6.45) is 0.518. The smallest absolute Gasteiger partial charge is 0.341 e. The molecule has 2 heterocycles. The summed E-state index contributed by atoms with van der Waals surface area (Å²) in [6.45, 7) is 10.7. The number of anilines is 3. The Labute approximate surface area is 172 Å². The zero-order chi connectivity index (χ0) is 21.0. The molecule has 1 atom stereocenters. The van der Waals surface area contributed by atoms with Crippen LogP contribution in [0.2, 0.25) is 0 Å². The van der Waals surface area contributed by atoms with Crippen LogP contribution in [-0.2, 0) is 16.6 Å². The van der Waals surface area contributed by atoms with E-state index in [4.69, 9.17) is 9.47 Å². The predicted molar refractivity (Wildman–Crippen MR) is 116 cm³/mol. The number of esters is 1. The van der Waals surface area contributed by atoms with Crippen LogP contribution in [0.1, 0.15) is 56.1 Å². The maximum Gasteiger partial charge on any atom is 0.341 e. The van der Waals surface area contributed by atoms with Gasteiger partial charge in [-0.2, -0.15) is 0 Å². The topological polar surface area (TPSA) is 71.6 Å². The van der Waals surface area contributed by atoms with Crippen LogP contribution in [0, 0.1) is 0 Å². The van der Waals surface area contributed by atoms with Crippen molar-refractivity contribution in [3.63, 3.8) is 0 Å². The number of para-hydroxylation sites is 1. The number of hydrogen-bond donors (Lipinski definition) is 3. The highest BCUT2D eigenvalue weighted by Gasteiger charge is 2.39. The normalized spacial score (nSPS) is 18.8. The number of methoxy groups -OCH3 is 1. The second kappa shape index (κ2) is 6.58. The Bertz CT molecular complexity index is 976. The first-order chi connectivity index (χ1) is 13.6. The Morgan fingerprint density at radius 3 is 2.66 bits per heavy atom. The summed E-state index contributed by atoms with van der Waals surface area (Å²) in [7, 11) is 1.39. The Balaban J connectivity index is 1.67. The fraction of sp³-hybridized carbons (Fsp3) is 0.435. The lowest BCUT2D eigenvalue weighted by atomic mass is 9.86. The molecule has 0 aliphatic carbocycles. The molecule has 6 heteroatoms. The van der Waals surface area contributed by atoms with Gasteiger partial charge < -0.3 is 25.4 Å². The van der Waals surface area contributed by atoms with Crippen molar-refractivity contribution >= 4 is 23.0 Å². The van der Waals surface area contributed by atoms with Crippen LogP contribution in [0.5, 0.6) is 5.75 Å². The van der Waals surface area contributed by atoms with Crippen LogP contribution >= 0.6 is 0 Å². The summed E-state index contributed by atoms with van der Waals surface area (Å²) in [5.74, 6) is 0.226. The van der Waals surface area contributed by atoms with Gasteiger partial charge in [-0.3, -0.25) is 0 Å². The highest BCUT2D eigenvalue weighted by molar-refractivity contribution is 5.98. The van der Waals surface area contributed by atoms with Crippen LogP contribution in [0.25, 0.3) is 0 Å². The standard InChI is InChI=1S/C23H29N3O3/c1-22(2,3)15-9-7-8-10-16(15)24-21-25-17-11-13(20(27)28-6)19-14(18(17)26-21)12-23(4,5)29-19/h7-11,21,24-26H,12H2,1-6H3. The molecule has 2 aromatic carbocycles. The minimum Gasteiger partial charge on any atom is -0.486 e. The van der Waals surface area contributed by atoms with Gasteiger partial charge in [0.2, 0.25) is 0 Å². The lowest BCUT2D eigenvalue weighted by Crippen LogP contribution is -2.32. The third-order valence-corrected chi connectivity index (χ3v) is 5.39. The molecule has 0 spiro atoms. The van der Waals surface area contributed by atoms with E-state index in [0.29, 0.717) is 11.3 Å². The minimum atomic E-state index is -0.391. The molecule has 0 amide bonds. The molecule has 0 radical (unpaired) electrons. The average Bonchev–Trinajstić information content (AvgIpc) is 3.18. The summed E-state index contributed by atoms with van der Waals surface area (Å²) in [6, 6.07) is 10.1. The molecule has 3 N–H and O–H groups in total. The summed E-state index contributed by atoms with van der Waals surface area (Å²) in [5.41, 5.74) is 5.27. The molecule has 29 heavy (non-hydrogen) atoms. The number of carbonyl (C=O) groups excluding carboxylic acids is 1. The number of rotatable bonds is 3. The molecule has 2 aliphatic rings. The molecule has 1 unspecified atom stereocenters. The average molecular weight is 396 g/mol. The third kappa shape index (κ3) is 3.48. The van der Waals surface area contributed by atoms with Gasteiger partial charge in [0.15, 0.2) is 6.29 Å². The fourth-order valence-electron chi connectivity index (χ4n) is 4.11. The number of carbonyl (C=O) groups is 1.